The molecule has 0 aliphatic heterocycles. The van der Waals surface area contributed by atoms with Crippen LogP contribution < -0.4 is 10.1 Å². The third kappa shape index (κ3) is 4.64. The van der Waals surface area contributed by atoms with Crippen LogP contribution in [0.15, 0.2) is 65.1 Å². The molecule has 0 radical (unpaired) electrons. The minimum atomic E-state index is -0.300. The maximum absolute atomic E-state index is 12.9. The first kappa shape index (κ1) is 18.0. The highest BCUT2D eigenvalue weighted by Crippen LogP contribution is 2.18. The molecular formula is C19H15BrFN3O2. The number of hydrogen-bond acceptors (Lipinski definition) is 4. The Balaban J connectivity index is 1.49. The normalized spacial score (nSPS) is 10.4. The van der Waals surface area contributed by atoms with Gasteiger partial charge in [0.2, 0.25) is 5.88 Å². The fourth-order valence-electron chi connectivity index (χ4n) is 2.23. The number of nitrogens with one attached hydrogen (secondary N) is 1. The molecule has 3 aromatic rings. The molecule has 1 aromatic heterocycles. The summed E-state index contributed by atoms with van der Waals surface area (Å²) in [4.78, 5) is 12.1. The van der Waals surface area contributed by atoms with Crippen molar-refractivity contribution in [2.24, 2.45) is 0 Å². The lowest BCUT2D eigenvalue weighted by Crippen LogP contribution is -2.28. The van der Waals surface area contributed by atoms with Crippen LogP contribution in [0, 0.1) is 5.82 Å². The lowest BCUT2D eigenvalue weighted by molar-refractivity contribution is 0.0945. The van der Waals surface area contributed by atoms with E-state index < -0.39 is 0 Å². The zero-order valence-corrected chi connectivity index (χ0v) is 15.2. The number of amides is 1. The van der Waals surface area contributed by atoms with Crippen molar-refractivity contribution in [3.05, 3.63) is 76.5 Å². The van der Waals surface area contributed by atoms with Gasteiger partial charge in [-0.15, -0.1) is 10.2 Å². The molecule has 1 heterocycles. The van der Waals surface area contributed by atoms with Gasteiger partial charge in [0.25, 0.3) is 5.91 Å². The van der Waals surface area contributed by atoms with Gasteiger partial charge in [0.1, 0.15) is 12.4 Å². The Bertz CT molecular complexity index is 886. The van der Waals surface area contributed by atoms with Gasteiger partial charge in [-0.3, -0.25) is 4.79 Å². The molecule has 0 bridgehead atoms. The number of carbonyl (C=O) groups is 1. The SMILES string of the molecule is O=C(NCCOc1ccc(-c2ccc(F)cc2)nn1)c1ccccc1Br. The number of halogens is 2. The van der Waals surface area contributed by atoms with Crippen molar-refractivity contribution in [3.63, 3.8) is 0 Å². The zero-order valence-electron chi connectivity index (χ0n) is 13.7. The van der Waals surface area contributed by atoms with Crippen LogP contribution in [0.25, 0.3) is 11.3 Å². The Kier molecular flexibility index (Phi) is 5.91. The van der Waals surface area contributed by atoms with Crippen LogP contribution >= 0.6 is 15.9 Å². The number of benzene rings is 2. The fourth-order valence-corrected chi connectivity index (χ4v) is 2.70. The monoisotopic (exact) mass is 415 g/mol. The van der Waals surface area contributed by atoms with E-state index in [1.165, 1.54) is 12.1 Å². The molecule has 3 rings (SSSR count). The predicted octanol–water partition coefficient (Wildman–Crippen LogP) is 3.85. The predicted molar refractivity (Wildman–Crippen MR) is 99.4 cm³/mol. The number of nitrogens with zero attached hydrogens (tertiary/aromatic N) is 2. The van der Waals surface area contributed by atoms with E-state index in [1.54, 1.807) is 36.4 Å². The Morgan fingerprint density at radius 3 is 2.50 bits per heavy atom. The molecule has 0 saturated heterocycles. The van der Waals surface area contributed by atoms with E-state index in [1.807, 2.05) is 12.1 Å². The minimum Gasteiger partial charge on any atom is -0.475 e. The number of aromatic nitrogens is 2. The summed E-state index contributed by atoms with van der Waals surface area (Å²) in [5.41, 5.74) is 1.96. The molecule has 0 atom stereocenters. The molecule has 1 N–H and O–H groups in total. The van der Waals surface area contributed by atoms with Crippen molar-refractivity contribution in [1.29, 1.82) is 0 Å². The topological polar surface area (TPSA) is 64.1 Å². The summed E-state index contributed by atoms with van der Waals surface area (Å²) < 4.78 is 19.1. The van der Waals surface area contributed by atoms with Gasteiger partial charge in [-0.2, -0.15) is 0 Å². The van der Waals surface area contributed by atoms with Crippen LogP contribution in [0.3, 0.4) is 0 Å². The molecule has 2 aromatic carbocycles. The van der Waals surface area contributed by atoms with Crippen molar-refractivity contribution < 1.29 is 13.9 Å². The van der Waals surface area contributed by atoms with Gasteiger partial charge in [-0.05, 0) is 58.4 Å². The highest BCUT2D eigenvalue weighted by Gasteiger charge is 2.08. The van der Waals surface area contributed by atoms with Gasteiger partial charge in [0, 0.05) is 16.1 Å². The first-order valence-electron chi connectivity index (χ1n) is 7.89. The van der Waals surface area contributed by atoms with Gasteiger partial charge >= 0.3 is 0 Å². The maximum Gasteiger partial charge on any atom is 0.252 e. The lowest BCUT2D eigenvalue weighted by atomic mass is 10.1. The summed E-state index contributed by atoms with van der Waals surface area (Å²) in [5, 5.41) is 10.8. The van der Waals surface area contributed by atoms with E-state index in [0.717, 1.165) is 10.0 Å². The Hall–Kier alpha value is -2.80. The summed E-state index contributed by atoms with van der Waals surface area (Å²) in [7, 11) is 0. The van der Waals surface area contributed by atoms with E-state index in [0.29, 0.717) is 23.7 Å². The molecule has 0 aliphatic rings. The number of hydrogen-bond donors (Lipinski definition) is 1. The average Bonchev–Trinajstić information content (AvgIpc) is 2.66. The summed E-state index contributed by atoms with van der Waals surface area (Å²) in [6, 6.07) is 16.6. The largest absolute Gasteiger partial charge is 0.475 e. The van der Waals surface area contributed by atoms with Gasteiger partial charge in [0.05, 0.1) is 17.8 Å². The van der Waals surface area contributed by atoms with Crippen LogP contribution in [-0.4, -0.2) is 29.3 Å². The third-order valence-corrected chi connectivity index (χ3v) is 4.23. The number of rotatable bonds is 6. The summed E-state index contributed by atoms with van der Waals surface area (Å²) >= 11 is 3.34. The van der Waals surface area contributed by atoms with E-state index in [9.17, 15) is 9.18 Å². The Labute approximate surface area is 158 Å². The molecule has 0 aliphatic carbocycles. The van der Waals surface area contributed by atoms with Crippen molar-refractivity contribution in [2.45, 2.75) is 0 Å². The van der Waals surface area contributed by atoms with E-state index in [2.05, 4.69) is 31.4 Å². The van der Waals surface area contributed by atoms with Crippen LogP contribution in [0.4, 0.5) is 4.39 Å². The number of ether oxygens (including phenoxy) is 1. The van der Waals surface area contributed by atoms with Crippen LogP contribution in [0.2, 0.25) is 0 Å². The van der Waals surface area contributed by atoms with Crippen molar-refractivity contribution in [3.8, 4) is 17.1 Å². The summed E-state index contributed by atoms with van der Waals surface area (Å²) in [6.07, 6.45) is 0. The van der Waals surface area contributed by atoms with Crippen molar-refractivity contribution in [1.82, 2.24) is 15.5 Å². The standard InChI is InChI=1S/C19H15BrFN3O2/c20-16-4-2-1-3-15(16)19(25)22-11-12-26-18-10-9-17(23-24-18)13-5-7-14(21)8-6-13/h1-10H,11-12H2,(H,22,25). The summed E-state index contributed by atoms with van der Waals surface area (Å²) in [5.74, 6) is -0.129. The van der Waals surface area contributed by atoms with Gasteiger partial charge in [-0.1, -0.05) is 12.1 Å². The van der Waals surface area contributed by atoms with E-state index in [4.69, 9.17) is 4.74 Å². The third-order valence-electron chi connectivity index (χ3n) is 3.54. The Morgan fingerprint density at radius 2 is 1.81 bits per heavy atom. The molecule has 0 unspecified atom stereocenters. The second kappa shape index (κ2) is 8.53. The highest BCUT2D eigenvalue weighted by atomic mass is 79.9. The molecule has 7 heteroatoms. The van der Waals surface area contributed by atoms with E-state index in [-0.39, 0.29) is 18.3 Å². The van der Waals surface area contributed by atoms with Crippen LogP contribution in [0.1, 0.15) is 10.4 Å². The second-order valence-electron chi connectivity index (χ2n) is 5.35. The number of carbonyl (C=O) groups excluding carboxylic acids is 1. The van der Waals surface area contributed by atoms with Crippen LogP contribution in [0.5, 0.6) is 5.88 Å². The smallest absolute Gasteiger partial charge is 0.252 e. The van der Waals surface area contributed by atoms with Gasteiger partial charge < -0.3 is 10.1 Å². The quantitative estimate of drug-likeness (QED) is 0.620. The molecule has 5 nitrogen and oxygen atoms in total. The molecule has 26 heavy (non-hydrogen) atoms. The molecule has 0 spiro atoms. The zero-order chi connectivity index (χ0) is 18.4. The van der Waals surface area contributed by atoms with Gasteiger partial charge in [-0.25, -0.2) is 4.39 Å². The van der Waals surface area contributed by atoms with Crippen molar-refractivity contribution >= 4 is 21.8 Å². The fraction of sp³-hybridized carbons (Fsp3) is 0.105. The van der Waals surface area contributed by atoms with E-state index >= 15 is 0 Å². The molecule has 0 saturated carbocycles. The highest BCUT2D eigenvalue weighted by molar-refractivity contribution is 9.10. The first-order chi connectivity index (χ1) is 12.6. The first-order valence-corrected chi connectivity index (χ1v) is 8.68. The van der Waals surface area contributed by atoms with Crippen LogP contribution in [-0.2, 0) is 0 Å². The maximum atomic E-state index is 12.9. The average molecular weight is 416 g/mol. The van der Waals surface area contributed by atoms with Gasteiger partial charge in [0.15, 0.2) is 0 Å². The summed E-state index contributed by atoms with van der Waals surface area (Å²) in [6.45, 7) is 0.600. The van der Waals surface area contributed by atoms with Crippen molar-refractivity contribution in [2.75, 3.05) is 13.2 Å². The molecule has 1 amide bonds. The Morgan fingerprint density at radius 1 is 1.04 bits per heavy atom. The molecule has 0 fully saturated rings. The molecular weight excluding hydrogens is 401 g/mol. The lowest BCUT2D eigenvalue weighted by Gasteiger charge is -2.08. The minimum absolute atomic E-state index is 0.182. The second-order valence-corrected chi connectivity index (χ2v) is 6.20. The molecule has 132 valence electrons.